The van der Waals surface area contributed by atoms with Gasteiger partial charge in [0.2, 0.25) is 0 Å². The van der Waals surface area contributed by atoms with Crippen molar-refractivity contribution in [3.63, 3.8) is 0 Å². The molecule has 1 fully saturated rings. The number of nitrogens with zero attached hydrogens (tertiary/aromatic N) is 3. The summed E-state index contributed by atoms with van der Waals surface area (Å²) < 4.78 is 1.94. The number of benzene rings is 1. The maximum Gasteiger partial charge on any atom is 0.0645 e. The number of rotatable bonds is 5. The molecular formula is C16H22N4. The number of aromatic nitrogens is 2. The Kier molecular flexibility index (Phi) is 4.14. The van der Waals surface area contributed by atoms with Gasteiger partial charge in [-0.3, -0.25) is 0 Å². The molecule has 1 aliphatic rings. The van der Waals surface area contributed by atoms with Crippen LogP contribution in [0.1, 0.15) is 18.4 Å². The average molecular weight is 270 g/mol. The highest BCUT2D eigenvalue weighted by molar-refractivity contribution is 5.30. The van der Waals surface area contributed by atoms with Crippen LogP contribution in [-0.2, 0) is 6.54 Å². The van der Waals surface area contributed by atoms with Crippen LogP contribution >= 0.6 is 0 Å². The fraction of sp³-hybridized carbons (Fsp3) is 0.438. The molecule has 0 spiro atoms. The molecule has 0 bridgehead atoms. The van der Waals surface area contributed by atoms with Gasteiger partial charge in [-0.1, -0.05) is 18.2 Å². The summed E-state index contributed by atoms with van der Waals surface area (Å²) in [6.45, 7) is 3.23. The maximum absolute atomic E-state index is 4.45. The fourth-order valence-electron chi connectivity index (χ4n) is 2.83. The monoisotopic (exact) mass is 270 g/mol. The van der Waals surface area contributed by atoms with Crippen molar-refractivity contribution in [2.75, 3.05) is 20.1 Å². The van der Waals surface area contributed by atoms with E-state index in [9.17, 15) is 0 Å². The molecule has 20 heavy (non-hydrogen) atoms. The summed E-state index contributed by atoms with van der Waals surface area (Å²) in [5.41, 5.74) is 2.37. The minimum Gasteiger partial charge on any atom is -0.313 e. The van der Waals surface area contributed by atoms with E-state index >= 15 is 0 Å². The summed E-state index contributed by atoms with van der Waals surface area (Å²) in [6.07, 6.45) is 6.69. The second-order valence-electron chi connectivity index (χ2n) is 5.62. The van der Waals surface area contributed by atoms with Crippen LogP contribution in [0.3, 0.4) is 0 Å². The van der Waals surface area contributed by atoms with E-state index in [4.69, 9.17) is 0 Å². The van der Waals surface area contributed by atoms with Gasteiger partial charge >= 0.3 is 0 Å². The summed E-state index contributed by atoms with van der Waals surface area (Å²) in [6, 6.07) is 10.9. The largest absolute Gasteiger partial charge is 0.313 e. The van der Waals surface area contributed by atoms with Crippen LogP contribution in [0.2, 0.25) is 0 Å². The number of nitrogens with one attached hydrogen (secondary N) is 1. The van der Waals surface area contributed by atoms with Gasteiger partial charge in [0.15, 0.2) is 0 Å². The summed E-state index contributed by atoms with van der Waals surface area (Å²) in [5.74, 6) is 0. The van der Waals surface area contributed by atoms with Crippen LogP contribution in [-0.4, -0.2) is 40.9 Å². The lowest BCUT2D eigenvalue weighted by molar-refractivity contribution is 0.293. The van der Waals surface area contributed by atoms with Crippen molar-refractivity contribution in [3.8, 4) is 5.69 Å². The molecule has 1 aliphatic heterocycles. The topological polar surface area (TPSA) is 33.1 Å². The molecule has 1 aromatic heterocycles. The van der Waals surface area contributed by atoms with Crippen molar-refractivity contribution in [3.05, 3.63) is 48.3 Å². The van der Waals surface area contributed by atoms with Crippen LogP contribution in [0.4, 0.5) is 0 Å². The van der Waals surface area contributed by atoms with E-state index in [2.05, 4.69) is 40.7 Å². The van der Waals surface area contributed by atoms with E-state index in [-0.39, 0.29) is 0 Å². The molecule has 106 valence electrons. The first-order valence-corrected chi connectivity index (χ1v) is 7.32. The molecule has 4 heteroatoms. The molecule has 2 heterocycles. The highest BCUT2D eigenvalue weighted by atomic mass is 15.3. The SMILES string of the molecule is CN(Cc1cnn(-c2ccccc2)c1)CC1CCCN1. The van der Waals surface area contributed by atoms with Crippen LogP contribution < -0.4 is 5.32 Å². The van der Waals surface area contributed by atoms with Crippen molar-refractivity contribution >= 4 is 0 Å². The Morgan fingerprint density at radius 2 is 2.20 bits per heavy atom. The Morgan fingerprint density at radius 1 is 1.35 bits per heavy atom. The molecule has 1 saturated heterocycles. The third-order valence-electron chi connectivity index (χ3n) is 3.80. The summed E-state index contributed by atoms with van der Waals surface area (Å²) in [4.78, 5) is 2.37. The maximum atomic E-state index is 4.45. The lowest BCUT2D eigenvalue weighted by atomic mass is 10.2. The molecule has 0 radical (unpaired) electrons. The zero-order valence-corrected chi connectivity index (χ0v) is 12.0. The standard InChI is InChI=1S/C16H22N4/c1-19(13-15-6-5-9-17-15)11-14-10-18-20(12-14)16-7-3-2-4-8-16/h2-4,7-8,10,12,15,17H,5-6,9,11,13H2,1H3. The summed E-state index contributed by atoms with van der Waals surface area (Å²) in [5, 5.41) is 7.99. The zero-order chi connectivity index (χ0) is 13.8. The number of hydrogen-bond donors (Lipinski definition) is 1. The molecule has 3 rings (SSSR count). The normalized spacial score (nSPS) is 18.8. The van der Waals surface area contributed by atoms with E-state index in [1.165, 1.54) is 24.9 Å². The molecule has 0 amide bonds. The lowest BCUT2D eigenvalue weighted by Gasteiger charge is -2.20. The summed E-state index contributed by atoms with van der Waals surface area (Å²) >= 11 is 0. The highest BCUT2D eigenvalue weighted by Gasteiger charge is 2.16. The van der Waals surface area contributed by atoms with Gasteiger partial charge in [-0.05, 0) is 38.6 Å². The van der Waals surface area contributed by atoms with E-state index in [1.54, 1.807) is 0 Å². The average Bonchev–Trinajstić information content (AvgIpc) is 3.11. The van der Waals surface area contributed by atoms with Gasteiger partial charge in [0.05, 0.1) is 11.9 Å². The smallest absolute Gasteiger partial charge is 0.0645 e. The Balaban J connectivity index is 1.59. The Labute approximate surface area is 120 Å². The first-order valence-electron chi connectivity index (χ1n) is 7.32. The molecule has 1 aromatic carbocycles. The predicted molar refractivity (Wildman–Crippen MR) is 80.9 cm³/mol. The van der Waals surface area contributed by atoms with Gasteiger partial charge in [0.1, 0.15) is 0 Å². The predicted octanol–water partition coefficient (Wildman–Crippen LogP) is 2.06. The Hall–Kier alpha value is -1.65. The molecule has 0 aliphatic carbocycles. The van der Waals surface area contributed by atoms with E-state index in [0.29, 0.717) is 6.04 Å². The van der Waals surface area contributed by atoms with Crippen LogP contribution in [0.5, 0.6) is 0 Å². The molecule has 1 unspecified atom stereocenters. The highest BCUT2D eigenvalue weighted by Crippen LogP contribution is 2.11. The Morgan fingerprint density at radius 3 is 2.95 bits per heavy atom. The quantitative estimate of drug-likeness (QED) is 0.903. The first kappa shape index (κ1) is 13.3. The molecule has 4 nitrogen and oxygen atoms in total. The third kappa shape index (κ3) is 3.26. The van der Waals surface area contributed by atoms with Gasteiger partial charge < -0.3 is 10.2 Å². The van der Waals surface area contributed by atoms with Gasteiger partial charge in [0.25, 0.3) is 0 Å². The minimum absolute atomic E-state index is 0.657. The van der Waals surface area contributed by atoms with Gasteiger partial charge in [0, 0.05) is 30.9 Å². The second-order valence-corrected chi connectivity index (χ2v) is 5.62. The van der Waals surface area contributed by atoms with Crippen molar-refractivity contribution < 1.29 is 0 Å². The van der Waals surface area contributed by atoms with Crippen molar-refractivity contribution in [1.29, 1.82) is 0 Å². The fourth-order valence-corrected chi connectivity index (χ4v) is 2.83. The third-order valence-corrected chi connectivity index (χ3v) is 3.80. The van der Waals surface area contributed by atoms with Gasteiger partial charge in [-0.25, -0.2) is 4.68 Å². The Bertz CT molecular complexity index is 528. The first-order chi connectivity index (χ1) is 9.81. The summed E-state index contributed by atoms with van der Waals surface area (Å²) in [7, 11) is 2.18. The van der Waals surface area contributed by atoms with Crippen LogP contribution in [0, 0.1) is 0 Å². The van der Waals surface area contributed by atoms with Crippen molar-refractivity contribution in [1.82, 2.24) is 20.0 Å². The molecule has 1 atom stereocenters. The minimum atomic E-state index is 0.657. The second kappa shape index (κ2) is 6.20. The van der Waals surface area contributed by atoms with E-state index < -0.39 is 0 Å². The lowest BCUT2D eigenvalue weighted by Crippen LogP contribution is -2.34. The van der Waals surface area contributed by atoms with E-state index in [1.807, 2.05) is 29.1 Å². The molecule has 1 N–H and O–H groups in total. The zero-order valence-electron chi connectivity index (χ0n) is 12.0. The van der Waals surface area contributed by atoms with Crippen LogP contribution in [0.25, 0.3) is 5.69 Å². The molecule has 2 aromatic rings. The molecular weight excluding hydrogens is 248 g/mol. The van der Waals surface area contributed by atoms with Crippen LogP contribution in [0.15, 0.2) is 42.7 Å². The number of para-hydroxylation sites is 1. The van der Waals surface area contributed by atoms with Crippen molar-refractivity contribution in [2.24, 2.45) is 0 Å². The van der Waals surface area contributed by atoms with Crippen molar-refractivity contribution in [2.45, 2.75) is 25.4 Å². The van der Waals surface area contributed by atoms with Gasteiger partial charge in [-0.2, -0.15) is 5.10 Å². The number of hydrogen-bond acceptors (Lipinski definition) is 3. The van der Waals surface area contributed by atoms with E-state index in [0.717, 1.165) is 18.8 Å². The van der Waals surface area contributed by atoms with Gasteiger partial charge in [-0.15, -0.1) is 0 Å². The number of likely N-dealkylation sites (N-methyl/N-ethyl adjacent to an activating group) is 1. The molecule has 0 saturated carbocycles.